The Kier molecular flexibility index (Phi) is 7.45. The second-order valence-corrected chi connectivity index (χ2v) is 14.9. The van der Waals surface area contributed by atoms with Gasteiger partial charge in [0.05, 0.1) is 0 Å². The maximum absolute atomic E-state index is 4.06. The van der Waals surface area contributed by atoms with Crippen molar-refractivity contribution in [3.63, 3.8) is 0 Å². The SMILES string of the molecule is CC(C)C(C)C(C)C(C)C(C)C1CCC2C1(C)CCC1C3(C)CCCCC3NCCCC12C. The van der Waals surface area contributed by atoms with Crippen molar-refractivity contribution in [2.75, 3.05) is 6.54 Å². The van der Waals surface area contributed by atoms with Crippen molar-refractivity contribution < 1.29 is 0 Å². The monoisotopic (exact) mass is 457 g/mol. The molecule has 0 amide bonds. The van der Waals surface area contributed by atoms with Gasteiger partial charge in [0.25, 0.3) is 0 Å². The van der Waals surface area contributed by atoms with Crippen LogP contribution in [0.15, 0.2) is 0 Å². The van der Waals surface area contributed by atoms with Crippen LogP contribution < -0.4 is 5.32 Å². The topological polar surface area (TPSA) is 12.0 Å². The Balaban J connectivity index is 1.60. The van der Waals surface area contributed by atoms with Crippen molar-refractivity contribution >= 4 is 0 Å². The third-order valence-corrected chi connectivity index (χ3v) is 13.5. The first-order valence-corrected chi connectivity index (χ1v) is 15.2. The number of hydrogen-bond acceptors (Lipinski definition) is 1. The van der Waals surface area contributed by atoms with Gasteiger partial charge in [0, 0.05) is 6.04 Å². The molecule has 1 heterocycles. The van der Waals surface area contributed by atoms with Crippen LogP contribution in [0.2, 0.25) is 0 Å². The molecule has 11 atom stereocenters. The van der Waals surface area contributed by atoms with E-state index in [0.29, 0.717) is 16.2 Å². The van der Waals surface area contributed by atoms with Crippen LogP contribution in [0, 0.1) is 63.6 Å². The second-order valence-electron chi connectivity index (χ2n) is 14.9. The lowest BCUT2D eigenvalue weighted by molar-refractivity contribution is -0.137. The lowest BCUT2D eigenvalue weighted by atomic mass is 9.42. The highest BCUT2D eigenvalue weighted by atomic mass is 14.9. The quantitative estimate of drug-likeness (QED) is 0.434. The summed E-state index contributed by atoms with van der Waals surface area (Å²) in [6, 6.07) is 0.773. The van der Waals surface area contributed by atoms with E-state index < -0.39 is 0 Å². The molecule has 1 nitrogen and oxygen atoms in total. The fourth-order valence-electron chi connectivity index (χ4n) is 10.8. The summed E-state index contributed by atoms with van der Waals surface area (Å²) < 4.78 is 0. The fraction of sp³-hybridized carbons (Fsp3) is 1.00. The molecular weight excluding hydrogens is 398 g/mol. The molecule has 0 aromatic carbocycles. The summed E-state index contributed by atoms with van der Waals surface area (Å²) in [4.78, 5) is 0. The minimum absolute atomic E-state index is 0.521. The fourth-order valence-corrected chi connectivity index (χ4v) is 10.8. The predicted molar refractivity (Wildman–Crippen MR) is 144 cm³/mol. The van der Waals surface area contributed by atoms with Crippen molar-refractivity contribution in [3.05, 3.63) is 0 Å². The molecule has 3 aliphatic carbocycles. The first-order valence-electron chi connectivity index (χ1n) is 15.2. The average Bonchev–Trinajstić information content (AvgIpc) is 3.13. The molecule has 192 valence electrons. The van der Waals surface area contributed by atoms with Gasteiger partial charge >= 0.3 is 0 Å². The number of hydrogen-bond donors (Lipinski definition) is 1. The van der Waals surface area contributed by atoms with Crippen molar-refractivity contribution in [1.82, 2.24) is 5.32 Å². The Labute approximate surface area is 208 Å². The standard InChI is InChI=1S/C32H59N/c1-21(2)22(3)23(4)24(5)25(6)26-14-15-27-30(26,7)19-16-28-31(27,8)18-12-20-33-29-13-10-11-17-32(28,29)9/h21-29,33H,10-20H2,1-9H3. The highest BCUT2D eigenvalue weighted by molar-refractivity contribution is 5.13. The van der Waals surface area contributed by atoms with E-state index in [-0.39, 0.29) is 0 Å². The molecule has 1 N–H and O–H groups in total. The summed E-state index contributed by atoms with van der Waals surface area (Å²) in [6.07, 6.45) is 14.7. The first kappa shape index (κ1) is 26.0. The highest BCUT2D eigenvalue weighted by Crippen LogP contribution is 2.70. The summed E-state index contributed by atoms with van der Waals surface area (Å²) in [5.41, 5.74) is 1.63. The van der Waals surface area contributed by atoms with E-state index in [1.807, 2.05) is 0 Å². The van der Waals surface area contributed by atoms with Crippen LogP contribution in [0.4, 0.5) is 0 Å². The smallest absolute Gasteiger partial charge is 0.0124 e. The minimum Gasteiger partial charge on any atom is -0.313 e. The summed E-state index contributed by atoms with van der Waals surface area (Å²) in [6.45, 7) is 24.7. The van der Waals surface area contributed by atoms with E-state index >= 15 is 0 Å². The van der Waals surface area contributed by atoms with Gasteiger partial charge in [-0.2, -0.15) is 0 Å². The van der Waals surface area contributed by atoms with Gasteiger partial charge in [-0.25, -0.2) is 0 Å². The Morgan fingerprint density at radius 1 is 0.606 bits per heavy atom. The maximum Gasteiger partial charge on any atom is 0.0124 e. The van der Waals surface area contributed by atoms with Gasteiger partial charge in [0.1, 0.15) is 0 Å². The zero-order chi connectivity index (χ0) is 24.2. The summed E-state index contributed by atoms with van der Waals surface area (Å²) in [5, 5.41) is 4.06. The second kappa shape index (κ2) is 9.44. The van der Waals surface area contributed by atoms with E-state index in [0.717, 1.165) is 53.4 Å². The zero-order valence-electron chi connectivity index (χ0n) is 24.0. The van der Waals surface area contributed by atoms with Crippen LogP contribution in [-0.2, 0) is 0 Å². The first-order chi connectivity index (χ1) is 15.5. The molecular formula is C32H59N. The van der Waals surface area contributed by atoms with Crippen molar-refractivity contribution in [2.45, 2.75) is 133 Å². The molecule has 1 heteroatoms. The predicted octanol–water partition coefficient (Wildman–Crippen LogP) is 8.97. The van der Waals surface area contributed by atoms with E-state index in [4.69, 9.17) is 0 Å². The molecule has 3 saturated carbocycles. The van der Waals surface area contributed by atoms with Crippen molar-refractivity contribution in [3.8, 4) is 0 Å². The summed E-state index contributed by atoms with van der Waals surface area (Å²) in [7, 11) is 0. The van der Waals surface area contributed by atoms with Gasteiger partial charge in [-0.1, -0.05) is 75.2 Å². The molecule has 1 saturated heterocycles. The number of rotatable bonds is 5. The van der Waals surface area contributed by atoms with Gasteiger partial charge in [0.2, 0.25) is 0 Å². The molecule has 0 spiro atoms. The molecule has 0 bridgehead atoms. The molecule has 0 aromatic heterocycles. The van der Waals surface area contributed by atoms with Gasteiger partial charge in [-0.15, -0.1) is 0 Å². The van der Waals surface area contributed by atoms with Crippen LogP contribution in [0.25, 0.3) is 0 Å². The van der Waals surface area contributed by atoms with Gasteiger partial charge < -0.3 is 5.32 Å². The highest BCUT2D eigenvalue weighted by Gasteiger charge is 2.63. The average molecular weight is 458 g/mol. The lowest BCUT2D eigenvalue weighted by Gasteiger charge is -2.63. The van der Waals surface area contributed by atoms with Crippen molar-refractivity contribution in [2.24, 2.45) is 63.6 Å². The van der Waals surface area contributed by atoms with Gasteiger partial charge in [0.15, 0.2) is 0 Å². The van der Waals surface area contributed by atoms with Crippen LogP contribution in [0.3, 0.4) is 0 Å². The molecule has 4 fully saturated rings. The summed E-state index contributed by atoms with van der Waals surface area (Å²) in [5.74, 6) is 6.91. The van der Waals surface area contributed by atoms with Crippen molar-refractivity contribution in [1.29, 1.82) is 0 Å². The molecule has 1 aliphatic heterocycles. The van der Waals surface area contributed by atoms with Crippen LogP contribution >= 0.6 is 0 Å². The number of nitrogens with one attached hydrogen (secondary N) is 1. The molecule has 4 rings (SSSR count). The van der Waals surface area contributed by atoms with E-state index in [9.17, 15) is 0 Å². The molecule has 0 aromatic rings. The van der Waals surface area contributed by atoms with E-state index in [1.165, 1.54) is 70.8 Å². The summed E-state index contributed by atoms with van der Waals surface area (Å²) >= 11 is 0. The Morgan fingerprint density at radius 3 is 1.97 bits per heavy atom. The lowest BCUT2D eigenvalue weighted by Crippen LogP contribution is -2.60. The third-order valence-electron chi connectivity index (χ3n) is 13.5. The van der Waals surface area contributed by atoms with Crippen LogP contribution in [0.5, 0.6) is 0 Å². The maximum atomic E-state index is 4.06. The zero-order valence-corrected chi connectivity index (χ0v) is 24.0. The Bertz CT molecular complexity index is 669. The Hall–Kier alpha value is -0.0400. The van der Waals surface area contributed by atoms with E-state index in [2.05, 4.69) is 67.6 Å². The van der Waals surface area contributed by atoms with E-state index in [1.54, 1.807) is 0 Å². The minimum atomic E-state index is 0.521. The molecule has 4 aliphatic rings. The molecule has 33 heavy (non-hydrogen) atoms. The molecule has 11 unspecified atom stereocenters. The number of fused-ring (bicyclic) bond motifs is 5. The normalized spacial score (nSPS) is 47.5. The Morgan fingerprint density at radius 2 is 1.27 bits per heavy atom. The van der Waals surface area contributed by atoms with Gasteiger partial charge in [-0.05, 0) is 121 Å². The van der Waals surface area contributed by atoms with Gasteiger partial charge in [-0.3, -0.25) is 0 Å². The molecule has 0 radical (unpaired) electrons. The largest absolute Gasteiger partial charge is 0.313 e. The third kappa shape index (κ3) is 4.17. The van der Waals surface area contributed by atoms with Crippen LogP contribution in [0.1, 0.15) is 127 Å². The van der Waals surface area contributed by atoms with Crippen LogP contribution in [-0.4, -0.2) is 12.6 Å².